The Balaban J connectivity index is 0.00000220. The fourth-order valence-corrected chi connectivity index (χ4v) is 2.66. The fraction of sp³-hybridized carbons (Fsp3) is 0.533. The quantitative estimate of drug-likeness (QED) is 0.895. The lowest BCUT2D eigenvalue weighted by Gasteiger charge is -2.28. The van der Waals surface area contributed by atoms with E-state index in [4.69, 9.17) is 0 Å². The number of halogens is 3. The Morgan fingerprint density at radius 2 is 2.14 bits per heavy atom. The molecule has 1 fully saturated rings. The SMILES string of the molecule is CCC1(C(=O)NC(C)c2ccc(F)c(F)c2)CCCN1.Cl. The second kappa shape index (κ2) is 7.18. The molecule has 0 aromatic heterocycles. The van der Waals surface area contributed by atoms with Gasteiger partial charge in [-0.2, -0.15) is 0 Å². The number of hydrogen-bond donors (Lipinski definition) is 2. The zero-order valence-corrected chi connectivity index (χ0v) is 13.0. The summed E-state index contributed by atoms with van der Waals surface area (Å²) >= 11 is 0. The van der Waals surface area contributed by atoms with Crippen molar-refractivity contribution in [2.45, 2.75) is 44.7 Å². The van der Waals surface area contributed by atoms with Crippen LogP contribution in [0.3, 0.4) is 0 Å². The zero-order chi connectivity index (χ0) is 14.8. The Bertz CT molecular complexity index is 504. The van der Waals surface area contributed by atoms with Gasteiger partial charge in [-0.05, 0) is 50.4 Å². The van der Waals surface area contributed by atoms with Gasteiger partial charge in [0.15, 0.2) is 11.6 Å². The maximum atomic E-state index is 13.2. The number of hydrogen-bond acceptors (Lipinski definition) is 2. The smallest absolute Gasteiger partial charge is 0.240 e. The van der Waals surface area contributed by atoms with Crippen molar-refractivity contribution in [2.24, 2.45) is 0 Å². The summed E-state index contributed by atoms with van der Waals surface area (Å²) < 4.78 is 26.1. The average Bonchev–Trinajstić information content (AvgIpc) is 2.91. The van der Waals surface area contributed by atoms with Crippen LogP contribution in [0.25, 0.3) is 0 Å². The summed E-state index contributed by atoms with van der Waals surface area (Å²) in [6, 6.07) is 3.34. The van der Waals surface area contributed by atoms with E-state index in [1.165, 1.54) is 6.07 Å². The van der Waals surface area contributed by atoms with E-state index in [2.05, 4.69) is 10.6 Å². The molecule has 2 N–H and O–H groups in total. The lowest BCUT2D eigenvalue weighted by Crippen LogP contribution is -2.53. The van der Waals surface area contributed by atoms with Crippen molar-refractivity contribution in [3.05, 3.63) is 35.4 Å². The molecular weight excluding hydrogens is 298 g/mol. The van der Waals surface area contributed by atoms with Crippen molar-refractivity contribution in [3.63, 3.8) is 0 Å². The van der Waals surface area contributed by atoms with Crippen LogP contribution in [0.1, 0.15) is 44.7 Å². The molecule has 0 radical (unpaired) electrons. The van der Waals surface area contributed by atoms with E-state index in [9.17, 15) is 13.6 Å². The summed E-state index contributed by atoms with van der Waals surface area (Å²) in [4.78, 5) is 12.4. The highest BCUT2D eigenvalue weighted by Gasteiger charge is 2.39. The first-order valence-electron chi connectivity index (χ1n) is 6.99. The van der Waals surface area contributed by atoms with E-state index in [0.29, 0.717) is 12.0 Å². The molecule has 0 spiro atoms. The molecule has 1 heterocycles. The standard InChI is InChI=1S/C15H20F2N2O.ClH/c1-3-15(7-4-8-18-15)14(20)19-10(2)11-5-6-12(16)13(17)9-11;/h5-6,9-10,18H,3-4,7-8H2,1-2H3,(H,19,20);1H. The van der Waals surface area contributed by atoms with Crippen LogP contribution in [0.15, 0.2) is 18.2 Å². The van der Waals surface area contributed by atoms with Crippen LogP contribution in [-0.2, 0) is 4.79 Å². The van der Waals surface area contributed by atoms with E-state index in [1.54, 1.807) is 6.92 Å². The molecule has 0 saturated carbocycles. The first kappa shape index (κ1) is 17.9. The molecule has 1 aliphatic rings. The third kappa shape index (κ3) is 3.71. The molecule has 1 aromatic rings. The third-order valence-corrected chi connectivity index (χ3v) is 4.07. The van der Waals surface area contributed by atoms with E-state index in [-0.39, 0.29) is 24.4 Å². The third-order valence-electron chi connectivity index (χ3n) is 4.07. The van der Waals surface area contributed by atoms with Gasteiger partial charge in [0.1, 0.15) is 0 Å². The number of rotatable bonds is 4. The van der Waals surface area contributed by atoms with Crippen molar-refractivity contribution in [3.8, 4) is 0 Å². The highest BCUT2D eigenvalue weighted by molar-refractivity contribution is 5.87. The molecular formula is C15H21ClF2N2O. The van der Waals surface area contributed by atoms with Crippen molar-refractivity contribution in [2.75, 3.05) is 6.54 Å². The Kier molecular flexibility index (Phi) is 6.10. The van der Waals surface area contributed by atoms with Gasteiger partial charge in [-0.15, -0.1) is 12.4 Å². The molecule has 118 valence electrons. The number of nitrogens with one attached hydrogen (secondary N) is 2. The minimum absolute atomic E-state index is 0. The average molecular weight is 319 g/mol. The van der Waals surface area contributed by atoms with E-state index >= 15 is 0 Å². The van der Waals surface area contributed by atoms with Gasteiger partial charge in [-0.3, -0.25) is 4.79 Å². The Hall–Kier alpha value is -1.20. The number of carbonyl (C=O) groups excluding carboxylic acids is 1. The molecule has 21 heavy (non-hydrogen) atoms. The summed E-state index contributed by atoms with van der Waals surface area (Å²) in [5, 5.41) is 6.14. The molecule has 1 aliphatic heterocycles. The molecule has 0 bridgehead atoms. The summed E-state index contributed by atoms with van der Waals surface area (Å²) in [6.07, 6.45) is 2.49. The highest BCUT2D eigenvalue weighted by atomic mass is 35.5. The van der Waals surface area contributed by atoms with Crippen LogP contribution >= 0.6 is 12.4 Å². The summed E-state index contributed by atoms with van der Waals surface area (Å²) in [7, 11) is 0. The molecule has 1 aromatic carbocycles. The molecule has 6 heteroatoms. The molecule has 1 amide bonds. The van der Waals surface area contributed by atoms with Gasteiger partial charge >= 0.3 is 0 Å². The van der Waals surface area contributed by atoms with Crippen LogP contribution in [0.5, 0.6) is 0 Å². The predicted molar refractivity (Wildman–Crippen MR) is 80.4 cm³/mol. The topological polar surface area (TPSA) is 41.1 Å². The van der Waals surface area contributed by atoms with Crippen LogP contribution in [0, 0.1) is 11.6 Å². The van der Waals surface area contributed by atoms with Crippen molar-refractivity contribution >= 4 is 18.3 Å². The van der Waals surface area contributed by atoms with Crippen molar-refractivity contribution in [1.82, 2.24) is 10.6 Å². The zero-order valence-electron chi connectivity index (χ0n) is 12.2. The second-order valence-electron chi connectivity index (χ2n) is 5.33. The van der Waals surface area contributed by atoms with Crippen LogP contribution in [-0.4, -0.2) is 18.0 Å². The lowest BCUT2D eigenvalue weighted by atomic mass is 9.92. The second-order valence-corrected chi connectivity index (χ2v) is 5.33. The van der Waals surface area contributed by atoms with Gasteiger partial charge in [-0.1, -0.05) is 13.0 Å². The van der Waals surface area contributed by atoms with Crippen LogP contribution < -0.4 is 10.6 Å². The maximum Gasteiger partial charge on any atom is 0.240 e. The molecule has 3 nitrogen and oxygen atoms in total. The van der Waals surface area contributed by atoms with Gasteiger partial charge in [0.25, 0.3) is 0 Å². The predicted octanol–water partition coefficient (Wildman–Crippen LogP) is 3.10. The largest absolute Gasteiger partial charge is 0.348 e. The monoisotopic (exact) mass is 318 g/mol. The van der Waals surface area contributed by atoms with Gasteiger partial charge < -0.3 is 10.6 Å². The van der Waals surface area contributed by atoms with Crippen molar-refractivity contribution in [1.29, 1.82) is 0 Å². The molecule has 2 unspecified atom stereocenters. The van der Waals surface area contributed by atoms with E-state index in [0.717, 1.165) is 31.5 Å². The van der Waals surface area contributed by atoms with Gasteiger partial charge in [0.2, 0.25) is 5.91 Å². The first-order chi connectivity index (χ1) is 9.48. The van der Waals surface area contributed by atoms with Gasteiger partial charge in [0, 0.05) is 0 Å². The van der Waals surface area contributed by atoms with Crippen LogP contribution in [0.2, 0.25) is 0 Å². The molecule has 0 aliphatic carbocycles. The highest BCUT2D eigenvalue weighted by Crippen LogP contribution is 2.25. The molecule has 2 rings (SSSR count). The number of carbonyl (C=O) groups is 1. The number of amides is 1. The maximum absolute atomic E-state index is 13.2. The Morgan fingerprint density at radius 3 is 2.67 bits per heavy atom. The summed E-state index contributed by atoms with van der Waals surface area (Å²) in [5.41, 5.74) is 0.0359. The Labute approximate surface area is 129 Å². The van der Waals surface area contributed by atoms with Gasteiger partial charge in [-0.25, -0.2) is 8.78 Å². The summed E-state index contributed by atoms with van der Waals surface area (Å²) in [5.74, 6) is -1.85. The molecule has 2 atom stereocenters. The normalized spacial score (nSPS) is 22.5. The minimum atomic E-state index is -0.896. The van der Waals surface area contributed by atoms with E-state index in [1.807, 2.05) is 6.92 Å². The number of benzene rings is 1. The van der Waals surface area contributed by atoms with Gasteiger partial charge in [0.05, 0.1) is 11.6 Å². The van der Waals surface area contributed by atoms with E-state index < -0.39 is 17.2 Å². The summed E-state index contributed by atoms with van der Waals surface area (Å²) in [6.45, 7) is 4.57. The molecule has 1 saturated heterocycles. The fourth-order valence-electron chi connectivity index (χ4n) is 2.66. The Morgan fingerprint density at radius 1 is 1.43 bits per heavy atom. The first-order valence-corrected chi connectivity index (χ1v) is 6.99. The van der Waals surface area contributed by atoms with Crippen LogP contribution in [0.4, 0.5) is 8.78 Å². The lowest BCUT2D eigenvalue weighted by molar-refractivity contribution is -0.128. The van der Waals surface area contributed by atoms with Crippen molar-refractivity contribution < 1.29 is 13.6 Å². The minimum Gasteiger partial charge on any atom is -0.348 e.